The second-order valence-electron chi connectivity index (χ2n) is 4.40. The number of hydrogen-bond acceptors (Lipinski definition) is 5. The largest absolute Gasteiger partial charge is 0.445 e. The maximum atomic E-state index is 12.5. The molecule has 0 spiro atoms. The van der Waals surface area contributed by atoms with E-state index >= 15 is 0 Å². The Morgan fingerprint density at radius 1 is 1.24 bits per heavy atom. The highest BCUT2D eigenvalue weighted by Gasteiger charge is 2.36. The van der Waals surface area contributed by atoms with Crippen LogP contribution in [0.25, 0.3) is 0 Å². The molecule has 1 aliphatic rings. The van der Waals surface area contributed by atoms with Crippen molar-refractivity contribution in [2.45, 2.75) is 19.5 Å². The van der Waals surface area contributed by atoms with Crippen molar-refractivity contribution < 1.29 is 18.0 Å². The Balaban J connectivity index is 2.04. The smallest absolute Gasteiger partial charge is 0.345 e. The molecular formula is C12H13F3N4OS. The van der Waals surface area contributed by atoms with Crippen LogP contribution in [0.3, 0.4) is 0 Å². The minimum absolute atomic E-state index is 0.234. The summed E-state index contributed by atoms with van der Waals surface area (Å²) in [4.78, 5) is 15.0. The number of carbonyl (C=O) groups is 1. The number of hydrogen-bond donors (Lipinski definition) is 0. The van der Waals surface area contributed by atoms with E-state index in [0.717, 1.165) is 0 Å². The predicted molar refractivity (Wildman–Crippen MR) is 71.8 cm³/mol. The van der Waals surface area contributed by atoms with Crippen LogP contribution in [0.2, 0.25) is 0 Å². The Hall–Kier alpha value is -1.82. The number of rotatable bonds is 1. The molecule has 114 valence electrons. The van der Waals surface area contributed by atoms with Crippen LogP contribution in [0.5, 0.6) is 0 Å². The van der Waals surface area contributed by atoms with Gasteiger partial charge >= 0.3 is 6.18 Å². The van der Waals surface area contributed by atoms with Gasteiger partial charge in [0.2, 0.25) is 10.1 Å². The van der Waals surface area contributed by atoms with E-state index < -0.39 is 11.2 Å². The van der Waals surface area contributed by atoms with E-state index in [4.69, 9.17) is 0 Å². The molecular weight excluding hydrogens is 305 g/mol. The van der Waals surface area contributed by atoms with Crippen molar-refractivity contribution in [3.8, 4) is 11.8 Å². The molecule has 0 N–H and O–H groups in total. The molecule has 1 aromatic rings. The SMILES string of the molecule is CC#CC(=O)N1CCCN(c2nnc(C(F)(F)F)s2)CC1. The summed E-state index contributed by atoms with van der Waals surface area (Å²) in [7, 11) is 0. The molecule has 0 atom stereocenters. The third kappa shape index (κ3) is 3.85. The van der Waals surface area contributed by atoms with Gasteiger partial charge in [0.25, 0.3) is 5.91 Å². The van der Waals surface area contributed by atoms with E-state index in [0.29, 0.717) is 43.9 Å². The number of aromatic nitrogens is 2. The van der Waals surface area contributed by atoms with Crippen molar-refractivity contribution in [2.24, 2.45) is 0 Å². The first-order chi connectivity index (χ1) is 9.91. The summed E-state index contributed by atoms with van der Waals surface area (Å²) in [6, 6.07) is 0. The van der Waals surface area contributed by atoms with E-state index in [9.17, 15) is 18.0 Å². The van der Waals surface area contributed by atoms with Crippen molar-refractivity contribution >= 4 is 22.4 Å². The van der Waals surface area contributed by atoms with Crippen LogP contribution >= 0.6 is 11.3 Å². The van der Waals surface area contributed by atoms with E-state index in [1.54, 1.807) is 16.7 Å². The highest BCUT2D eigenvalue weighted by molar-refractivity contribution is 7.15. The number of halogens is 3. The van der Waals surface area contributed by atoms with Crippen LogP contribution in [-0.2, 0) is 11.0 Å². The van der Waals surface area contributed by atoms with Gasteiger partial charge in [-0.25, -0.2) is 0 Å². The predicted octanol–water partition coefficient (Wildman–Crippen LogP) is 1.62. The Kier molecular flexibility index (Phi) is 4.67. The normalized spacial score (nSPS) is 16.2. The molecule has 0 bridgehead atoms. The fraction of sp³-hybridized carbons (Fsp3) is 0.583. The Morgan fingerprint density at radius 3 is 2.62 bits per heavy atom. The van der Waals surface area contributed by atoms with Crippen molar-refractivity contribution in [1.82, 2.24) is 15.1 Å². The average molecular weight is 318 g/mol. The lowest BCUT2D eigenvalue weighted by Gasteiger charge is -2.19. The van der Waals surface area contributed by atoms with E-state index in [-0.39, 0.29) is 11.0 Å². The molecule has 0 unspecified atom stereocenters. The van der Waals surface area contributed by atoms with Crippen molar-refractivity contribution in [1.29, 1.82) is 0 Å². The van der Waals surface area contributed by atoms with E-state index in [1.807, 2.05) is 0 Å². The molecule has 0 aliphatic carbocycles. The summed E-state index contributed by atoms with van der Waals surface area (Å²) in [5.41, 5.74) is 0. The first-order valence-corrected chi connectivity index (χ1v) is 7.11. The fourth-order valence-electron chi connectivity index (χ4n) is 1.96. The lowest BCUT2D eigenvalue weighted by molar-refractivity contribution is -0.138. The number of amides is 1. The summed E-state index contributed by atoms with van der Waals surface area (Å²) in [6.45, 7) is 3.49. The molecule has 1 saturated heterocycles. The topological polar surface area (TPSA) is 49.3 Å². The standard InChI is InChI=1S/C12H13F3N4OS/c1-2-4-9(20)18-5-3-6-19(8-7-18)11-17-16-10(21-11)12(13,14)15/h3,5-8H2,1H3. The molecule has 9 heteroatoms. The number of carbonyl (C=O) groups excluding carboxylic acids is 1. The van der Waals surface area contributed by atoms with Gasteiger partial charge in [-0.3, -0.25) is 4.79 Å². The Morgan fingerprint density at radius 2 is 2.00 bits per heavy atom. The summed E-state index contributed by atoms with van der Waals surface area (Å²) in [6.07, 6.45) is -3.82. The van der Waals surface area contributed by atoms with Gasteiger partial charge in [-0.15, -0.1) is 10.2 Å². The maximum Gasteiger partial charge on any atom is 0.445 e. The summed E-state index contributed by atoms with van der Waals surface area (Å²) < 4.78 is 37.6. The van der Waals surface area contributed by atoms with Gasteiger partial charge in [-0.1, -0.05) is 17.3 Å². The third-order valence-corrected chi connectivity index (χ3v) is 3.97. The minimum Gasteiger partial charge on any atom is -0.345 e. The van der Waals surface area contributed by atoms with Crippen LogP contribution in [0.1, 0.15) is 18.4 Å². The molecule has 2 heterocycles. The molecule has 2 rings (SSSR count). The quantitative estimate of drug-likeness (QED) is 0.738. The van der Waals surface area contributed by atoms with Crippen LogP contribution in [0.4, 0.5) is 18.3 Å². The molecule has 1 aromatic heterocycles. The number of anilines is 1. The number of alkyl halides is 3. The van der Waals surface area contributed by atoms with Gasteiger partial charge in [-0.2, -0.15) is 13.2 Å². The maximum absolute atomic E-state index is 12.5. The monoisotopic (exact) mass is 318 g/mol. The summed E-state index contributed by atoms with van der Waals surface area (Å²) in [5, 5.41) is 6.06. The Labute approximate surface area is 123 Å². The first kappa shape index (κ1) is 15.6. The highest BCUT2D eigenvalue weighted by atomic mass is 32.1. The van der Waals surface area contributed by atoms with Gasteiger partial charge in [0.1, 0.15) is 0 Å². The van der Waals surface area contributed by atoms with E-state index in [2.05, 4.69) is 22.0 Å². The lowest BCUT2D eigenvalue weighted by atomic mass is 10.4. The van der Waals surface area contributed by atoms with Crippen molar-refractivity contribution in [2.75, 3.05) is 31.1 Å². The Bertz CT molecular complexity index is 575. The fourth-order valence-corrected chi connectivity index (χ4v) is 2.72. The second kappa shape index (κ2) is 6.30. The molecule has 1 fully saturated rings. The van der Waals surface area contributed by atoms with Crippen LogP contribution in [0.15, 0.2) is 0 Å². The van der Waals surface area contributed by atoms with Gasteiger partial charge < -0.3 is 9.80 Å². The molecule has 0 saturated carbocycles. The molecule has 1 amide bonds. The molecule has 1 aliphatic heterocycles. The zero-order chi connectivity index (χ0) is 15.5. The van der Waals surface area contributed by atoms with Gasteiger partial charge in [-0.05, 0) is 19.3 Å². The zero-order valence-electron chi connectivity index (χ0n) is 11.3. The van der Waals surface area contributed by atoms with Crippen molar-refractivity contribution in [3.05, 3.63) is 5.01 Å². The zero-order valence-corrected chi connectivity index (χ0v) is 12.1. The molecule has 21 heavy (non-hydrogen) atoms. The van der Waals surface area contributed by atoms with Crippen LogP contribution in [-0.4, -0.2) is 47.2 Å². The summed E-state index contributed by atoms with van der Waals surface area (Å²) in [5.74, 6) is 4.76. The summed E-state index contributed by atoms with van der Waals surface area (Å²) >= 11 is 0.523. The molecule has 5 nitrogen and oxygen atoms in total. The number of nitrogens with zero attached hydrogens (tertiary/aromatic N) is 4. The van der Waals surface area contributed by atoms with Crippen LogP contribution < -0.4 is 4.90 Å². The van der Waals surface area contributed by atoms with Gasteiger partial charge in [0, 0.05) is 26.2 Å². The third-order valence-electron chi connectivity index (χ3n) is 2.94. The first-order valence-electron chi connectivity index (χ1n) is 6.29. The molecule has 0 aromatic carbocycles. The highest BCUT2D eigenvalue weighted by Crippen LogP contribution is 2.34. The minimum atomic E-state index is -4.47. The van der Waals surface area contributed by atoms with Crippen molar-refractivity contribution in [3.63, 3.8) is 0 Å². The van der Waals surface area contributed by atoms with Gasteiger partial charge in [0.05, 0.1) is 0 Å². The average Bonchev–Trinajstić information content (AvgIpc) is 2.78. The molecule has 0 radical (unpaired) electrons. The van der Waals surface area contributed by atoms with Gasteiger partial charge in [0.15, 0.2) is 0 Å². The lowest BCUT2D eigenvalue weighted by Crippen LogP contribution is -2.34. The van der Waals surface area contributed by atoms with E-state index in [1.165, 1.54) is 0 Å². The second-order valence-corrected chi connectivity index (χ2v) is 5.35. The van der Waals surface area contributed by atoms with Crippen LogP contribution in [0, 0.1) is 11.8 Å².